The number of furan rings is 1. The van der Waals surface area contributed by atoms with Crippen LogP contribution in [-0.2, 0) is 0 Å². The van der Waals surface area contributed by atoms with Crippen molar-refractivity contribution in [3.8, 4) is 0 Å². The molecule has 90 valence electrons. The maximum Gasteiger partial charge on any atom is 0.196 e. The predicted molar refractivity (Wildman–Crippen MR) is 70.6 cm³/mol. The van der Waals surface area contributed by atoms with Crippen LogP contribution < -0.4 is 10.6 Å². The topological polar surface area (TPSA) is 42.4 Å². The van der Waals surface area contributed by atoms with E-state index in [1.807, 2.05) is 24.3 Å². The lowest BCUT2D eigenvalue weighted by Crippen LogP contribution is -2.42. The van der Waals surface area contributed by atoms with Crippen LogP contribution >= 0.6 is 11.6 Å². The van der Waals surface area contributed by atoms with Crippen LogP contribution in [0.25, 0.3) is 11.0 Å². The van der Waals surface area contributed by atoms with Gasteiger partial charge in [0.2, 0.25) is 0 Å². The van der Waals surface area contributed by atoms with Crippen molar-refractivity contribution in [2.45, 2.75) is 18.9 Å². The zero-order valence-corrected chi connectivity index (χ0v) is 10.3. The Bertz CT molecular complexity index is 537. The molecule has 3 rings (SSSR count). The van der Waals surface area contributed by atoms with Gasteiger partial charge in [-0.3, -0.25) is 0 Å². The first kappa shape index (κ1) is 10.9. The Morgan fingerprint density at radius 3 is 3.06 bits per heavy atom. The van der Waals surface area contributed by atoms with E-state index in [2.05, 4.69) is 4.90 Å². The van der Waals surface area contributed by atoms with E-state index in [4.69, 9.17) is 21.8 Å². The molecule has 0 bridgehead atoms. The molecule has 0 radical (unpaired) electrons. The van der Waals surface area contributed by atoms with E-state index in [0.29, 0.717) is 0 Å². The molecule has 0 amide bonds. The summed E-state index contributed by atoms with van der Waals surface area (Å²) in [5, 5.41) is 1.78. The third-order valence-corrected chi connectivity index (χ3v) is 3.47. The Balaban J connectivity index is 1.94. The van der Waals surface area contributed by atoms with E-state index in [0.717, 1.165) is 47.8 Å². The van der Waals surface area contributed by atoms with Crippen molar-refractivity contribution in [3.05, 3.63) is 29.3 Å². The van der Waals surface area contributed by atoms with Crippen LogP contribution in [0.4, 0.5) is 5.88 Å². The molecule has 2 heterocycles. The normalized spacial score (nSPS) is 21.1. The average Bonchev–Trinajstić information content (AvgIpc) is 2.72. The standard InChI is InChI=1S/C13H15ClN2O/c14-10-3-4-12-9(6-10)7-13(17-12)16-5-1-2-11(15)8-16/h3-4,6-7,11H,1-2,5,8,15H2. The van der Waals surface area contributed by atoms with Gasteiger partial charge in [-0.25, -0.2) is 0 Å². The molecule has 2 aromatic rings. The van der Waals surface area contributed by atoms with Gasteiger partial charge in [-0.15, -0.1) is 0 Å². The van der Waals surface area contributed by atoms with Crippen molar-refractivity contribution in [3.63, 3.8) is 0 Å². The summed E-state index contributed by atoms with van der Waals surface area (Å²) in [6.45, 7) is 1.88. The van der Waals surface area contributed by atoms with Crippen molar-refractivity contribution in [2.75, 3.05) is 18.0 Å². The van der Waals surface area contributed by atoms with Gasteiger partial charge in [0.25, 0.3) is 0 Å². The monoisotopic (exact) mass is 250 g/mol. The molecule has 1 atom stereocenters. The Labute approximate surface area is 105 Å². The molecule has 17 heavy (non-hydrogen) atoms. The van der Waals surface area contributed by atoms with Gasteiger partial charge in [-0.05, 0) is 31.0 Å². The highest BCUT2D eigenvalue weighted by Crippen LogP contribution is 2.29. The quantitative estimate of drug-likeness (QED) is 0.846. The number of hydrogen-bond donors (Lipinski definition) is 1. The van der Waals surface area contributed by atoms with E-state index >= 15 is 0 Å². The molecule has 2 N–H and O–H groups in total. The molecule has 1 aromatic heterocycles. The summed E-state index contributed by atoms with van der Waals surface area (Å²) in [6.07, 6.45) is 2.22. The second-order valence-electron chi connectivity index (χ2n) is 4.62. The molecule has 1 aliphatic heterocycles. The second kappa shape index (κ2) is 4.24. The number of piperidine rings is 1. The van der Waals surface area contributed by atoms with Crippen LogP contribution in [0.3, 0.4) is 0 Å². The maximum atomic E-state index is 5.98. The number of anilines is 1. The first-order valence-corrected chi connectivity index (χ1v) is 6.30. The van der Waals surface area contributed by atoms with Crippen LogP contribution in [-0.4, -0.2) is 19.1 Å². The molecule has 1 aromatic carbocycles. The van der Waals surface area contributed by atoms with E-state index < -0.39 is 0 Å². The Morgan fingerprint density at radius 2 is 2.24 bits per heavy atom. The van der Waals surface area contributed by atoms with Crippen molar-refractivity contribution < 1.29 is 4.42 Å². The number of nitrogens with zero attached hydrogens (tertiary/aromatic N) is 1. The number of fused-ring (bicyclic) bond motifs is 1. The van der Waals surface area contributed by atoms with Crippen LogP contribution in [0.2, 0.25) is 5.02 Å². The zero-order valence-electron chi connectivity index (χ0n) is 9.53. The molecule has 0 saturated carbocycles. The van der Waals surface area contributed by atoms with Gasteiger partial charge in [0.1, 0.15) is 5.58 Å². The molecule has 0 spiro atoms. The van der Waals surface area contributed by atoms with Crippen molar-refractivity contribution in [2.24, 2.45) is 5.73 Å². The number of rotatable bonds is 1. The predicted octanol–water partition coefficient (Wildman–Crippen LogP) is 3.01. The van der Waals surface area contributed by atoms with Crippen molar-refractivity contribution in [1.82, 2.24) is 0 Å². The fraction of sp³-hybridized carbons (Fsp3) is 0.385. The SMILES string of the molecule is NC1CCCN(c2cc3cc(Cl)ccc3o2)C1. The van der Waals surface area contributed by atoms with Crippen LogP contribution in [0.1, 0.15) is 12.8 Å². The van der Waals surface area contributed by atoms with Crippen LogP contribution in [0.15, 0.2) is 28.7 Å². The van der Waals surface area contributed by atoms with Crippen molar-refractivity contribution >= 4 is 28.5 Å². The number of nitrogens with two attached hydrogens (primary N) is 1. The lowest BCUT2D eigenvalue weighted by Gasteiger charge is -2.30. The molecule has 0 aliphatic carbocycles. The summed E-state index contributed by atoms with van der Waals surface area (Å²) in [5.74, 6) is 0.900. The summed E-state index contributed by atoms with van der Waals surface area (Å²) in [5.41, 5.74) is 6.85. The van der Waals surface area contributed by atoms with Crippen molar-refractivity contribution in [1.29, 1.82) is 0 Å². The second-order valence-corrected chi connectivity index (χ2v) is 5.05. The van der Waals surface area contributed by atoms with Gasteiger partial charge < -0.3 is 15.1 Å². The highest BCUT2D eigenvalue weighted by Gasteiger charge is 2.19. The lowest BCUT2D eigenvalue weighted by molar-refractivity contribution is 0.473. The van der Waals surface area contributed by atoms with E-state index in [9.17, 15) is 0 Å². The van der Waals surface area contributed by atoms with Gasteiger partial charge in [0.05, 0.1) is 0 Å². The zero-order chi connectivity index (χ0) is 11.8. The van der Waals surface area contributed by atoms with E-state index in [-0.39, 0.29) is 6.04 Å². The highest BCUT2D eigenvalue weighted by molar-refractivity contribution is 6.31. The van der Waals surface area contributed by atoms with Gasteiger partial charge in [0.15, 0.2) is 5.88 Å². The molecular formula is C13H15ClN2O. The number of halogens is 1. The third kappa shape index (κ3) is 2.13. The smallest absolute Gasteiger partial charge is 0.196 e. The third-order valence-electron chi connectivity index (χ3n) is 3.23. The Kier molecular flexibility index (Phi) is 2.73. The minimum atomic E-state index is 0.251. The first-order valence-electron chi connectivity index (χ1n) is 5.92. The summed E-state index contributed by atoms with van der Waals surface area (Å²) in [4.78, 5) is 2.21. The average molecular weight is 251 g/mol. The lowest BCUT2D eigenvalue weighted by atomic mass is 10.1. The van der Waals surface area contributed by atoms with Crippen LogP contribution in [0.5, 0.6) is 0 Å². The largest absolute Gasteiger partial charge is 0.441 e. The van der Waals surface area contributed by atoms with Gasteiger partial charge in [0, 0.05) is 35.6 Å². The fourth-order valence-corrected chi connectivity index (χ4v) is 2.55. The van der Waals surface area contributed by atoms with E-state index in [1.165, 1.54) is 0 Å². The number of benzene rings is 1. The Morgan fingerprint density at radius 1 is 1.35 bits per heavy atom. The molecule has 1 saturated heterocycles. The molecule has 1 aliphatic rings. The van der Waals surface area contributed by atoms with Crippen LogP contribution in [0, 0.1) is 0 Å². The summed E-state index contributed by atoms with van der Waals surface area (Å²) in [6, 6.07) is 7.97. The highest BCUT2D eigenvalue weighted by atomic mass is 35.5. The summed E-state index contributed by atoms with van der Waals surface area (Å²) >= 11 is 5.96. The molecular weight excluding hydrogens is 236 g/mol. The minimum absolute atomic E-state index is 0.251. The summed E-state index contributed by atoms with van der Waals surface area (Å²) in [7, 11) is 0. The van der Waals surface area contributed by atoms with Gasteiger partial charge in [-0.1, -0.05) is 11.6 Å². The maximum absolute atomic E-state index is 5.98. The van der Waals surface area contributed by atoms with Gasteiger partial charge >= 0.3 is 0 Å². The summed E-state index contributed by atoms with van der Waals surface area (Å²) < 4.78 is 5.82. The van der Waals surface area contributed by atoms with Gasteiger partial charge in [-0.2, -0.15) is 0 Å². The van der Waals surface area contributed by atoms with E-state index in [1.54, 1.807) is 0 Å². The number of hydrogen-bond acceptors (Lipinski definition) is 3. The Hall–Kier alpha value is -1.19. The molecule has 1 unspecified atom stereocenters. The molecule has 4 heteroatoms. The molecule has 3 nitrogen and oxygen atoms in total. The first-order chi connectivity index (χ1) is 8.22. The molecule has 1 fully saturated rings. The fourth-order valence-electron chi connectivity index (χ4n) is 2.37. The minimum Gasteiger partial charge on any atom is -0.441 e.